The van der Waals surface area contributed by atoms with E-state index in [0.29, 0.717) is 6.54 Å². The molecule has 0 aliphatic rings. The fourth-order valence-electron chi connectivity index (χ4n) is 0.980. The van der Waals surface area contributed by atoms with Crippen LogP contribution in [0.5, 0.6) is 0 Å². The number of terminal acetylenes is 1. The van der Waals surface area contributed by atoms with Crippen molar-refractivity contribution in [2.24, 2.45) is 0 Å². The summed E-state index contributed by atoms with van der Waals surface area (Å²) in [7, 11) is 0. The molecular formula is C14H14N2. The molecule has 0 unspecified atom stereocenters. The first-order valence-electron chi connectivity index (χ1n) is 4.81. The highest BCUT2D eigenvalue weighted by Crippen LogP contribution is 1.95. The van der Waals surface area contributed by atoms with Gasteiger partial charge in [0.1, 0.15) is 0 Å². The van der Waals surface area contributed by atoms with Gasteiger partial charge in [-0.15, -0.1) is 6.42 Å². The zero-order valence-electron chi connectivity index (χ0n) is 9.04. The van der Waals surface area contributed by atoms with Crippen molar-refractivity contribution in [1.29, 1.82) is 0 Å². The molecule has 2 heteroatoms. The molecule has 0 atom stereocenters. The van der Waals surface area contributed by atoms with Crippen LogP contribution in [0.15, 0.2) is 12.5 Å². The van der Waals surface area contributed by atoms with Crippen LogP contribution in [0, 0.1) is 47.9 Å². The molecule has 0 saturated heterocycles. The Bertz CT molecular complexity index is 575. The standard InChI is InChI=1S/C14H10N2.2H2/c1-3-5-6-7-8-9-10-11-16-12-14(4-2)15-13-16;;/h1,12-13H,4,11H2,2H3;2*1H. The Morgan fingerprint density at radius 1 is 1.31 bits per heavy atom. The predicted octanol–water partition coefficient (Wildman–Crippen LogP) is 1.58. The highest BCUT2D eigenvalue weighted by molar-refractivity contribution is 5.39. The van der Waals surface area contributed by atoms with Gasteiger partial charge in [0.2, 0.25) is 0 Å². The van der Waals surface area contributed by atoms with Crippen LogP contribution < -0.4 is 0 Å². The quantitative estimate of drug-likeness (QED) is 0.678. The molecule has 1 heterocycles. The molecule has 0 fully saturated rings. The molecule has 0 saturated carbocycles. The van der Waals surface area contributed by atoms with Gasteiger partial charge >= 0.3 is 0 Å². The molecule has 1 aromatic rings. The van der Waals surface area contributed by atoms with Gasteiger partial charge in [0.15, 0.2) is 0 Å². The van der Waals surface area contributed by atoms with E-state index in [9.17, 15) is 0 Å². The van der Waals surface area contributed by atoms with E-state index >= 15 is 0 Å². The predicted molar refractivity (Wildman–Crippen MR) is 68.0 cm³/mol. The first-order valence-corrected chi connectivity index (χ1v) is 4.81. The Kier molecular flexibility index (Phi) is 4.93. The molecule has 16 heavy (non-hydrogen) atoms. The second-order valence-corrected chi connectivity index (χ2v) is 2.84. The summed E-state index contributed by atoms with van der Waals surface area (Å²) in [5.41, 5.74) is 1.06. The van der Waals surface area contributed by atoms with Gasteiger partial charge in [0, 0.05) is 9.05 Å². The Hall–Kier alpha value is -2.55. The van der Waals surface area contributed by atoms with Crippen LogP contribution >= 0.6 is 0 Å². The average Bonchev–Trinajstić information content (AvgIpc) is 2.76. The van der Waals surface area contributed by atoms with Crippen LogP contribution in [0.2, 0.25) is 0 Å². The van der Waals surface area contributed by atoms with Crippen molar-refractivity contribution in [2.45, 2.75) is 19.9 Å². The van der Waals surface area contributed by atoms with Gasteiger partial charge in [0.05, 0.1) is 18.6 Å². The molecular weight excluding hydrogens is 196 g/mol. The highest BCUT2D eigenvalue weighted by atomic mass is 15.0. The minimum absolute atomic E-state index is 0. The second kappa shape index (κ2) is 6.84. The lowest BCUT2D eigenvalue weighted by atomic mass is 10.4. The van der Waals surface area contributed by atoms with Gasteiger partial charge in [-0.2, -0.15) is 0 Å². The van der Waals surface area contributed by atoms with E-state index in [1.807, 2.05) is 10.8 Å². The topological polar surface area (TPSA) is 17.8 Å². The Morgan fingerprint density at radius 3 is 2.75 bits per heavy atom. The maximum atomic E-state index is 4.92. The summed E-state index contributed by atoms with van der Waals surface area (Å²) in [5.74, 6) is 17.8. The maximum absolute atomic E-state index is 4.92. The summed E-state index contributed by atoms with van der Waals surface area (Å²) in [6.07, 6.45) is 9.59. The minimum Gasteiger partial charge on any atom is -0.326 e. The molecule has 0 bridgehead atoms. The SMILES string of the molecule is C#CC#CC#CC#CCn1cnc(CC)c1.[HH].[HH]. The third-order valence-corrected chi connectivity index (χ3v) is 1.72. The number of imidazole rings is 1. The van der Waals surface area contributed by atoms with Crippen molar-refractivity contribution in [3.8, 4) is 47.9 Å². The van der Waals surface area contributed by atoms with Crippen molar-refractivity contribution >= 4 is 0 Å². The number of aryl methyl sites for hydroxylation is 1. The van der Waals surface area contributed by atoms with Crippen LogP contribution in [0.4, 0.5) is 0 Å². The van der Waals surface area contributed by atoms with Crippen molar-refractivity contribution in [3.05, 3.63) is 18.2 Å². The van der Waals surface area contributed by atoms with E-state index in [1.165, 1.54) is 0 Å². The summed E-state index contributed by atoms with van der Waals surface area (Å²) >= 11 is 0. The highest BCUT2D eigenvalue weighted by Gasteiger charge is 1.92. The number of rotatable bonds is 2. The third-order valence-electron chi connectivity index (χ3n) is 1.72. The van der Waals surface area contributed by atoms with Crippen molar-refractivity contribution in [1.82, 2.24) is 9.55 Å². The van der Waals surface area contributed by atoms with Gasteiger partial charge in [-0.05, 0) is 41.9 Å². The van der Waals surface area contributed by atoms with Crippen molar-refractivity contribution in [3.63, 3.8) is 0 Å². The summed E-state index contributed by atoms with van der Waals surface area (Å²) in [5, 5.41) is 0. The van der Waals surface area contributed by atoms with E-state index < -0.39 is 0 Å². The molecule has 0 N–H and O–H groups in total. The fraction of sp³-hybridized carbons (Fsp3) is 0.214. The lowest BCUT2D eigenvalue weighted by Crippen LogP contribution is -1.90. The molecule has 0 radical (unpaired) electrons. The minimum atomic E-state index is 0. The lowest BCUT2D eigenvalue weighted by molar-refractivity contribution is 0.838. The molecule has 0 aliphatic heterocycles. The summed E-state index contributed by atoms with van der Waals surface area (Å²) < 4.78 is 1.92. The molecule has 80 valence electrons. The Balaban J connectivity index is 0. The van der Waals surface area contributed by atoms with E-state index in [0.717, 1.165) is 12.1 Å². The molecule has 0 amide bonds. The van der Waals surface area contributed by atoms with Gasteiger partial charge in [-0.3, -0.25) is 0 Å². The van der Waals surface area contributed by atoms with Crippen LogP contribution in [-0.2, 0) is 13.0 Å². The van der Waals surface area contributed by atoms with Crippen LogP contribution in [0.1, 0.15) is 15.5 Å². The molecule has 1 rings (SSSR count). The maximum Gasteiger partial charge on any atom is 0.0957 e. The second-order valence-electron chi connectivity index (χ2n) is 2.84. The number of hydrogen-bond acceptors (Lipinski definition) is 1. The van der Waals surface area contributed by atoms with Gasteiger partial charge in [-0.1, -0.05) is 12.8 Å². The zero-order chi connectivity index (χ0) is 11.6. The number of aromatic nitrogens is 2. The first-order chi connectivity index (χ1) is 7.86. The summed E-state index contributed by atoms with van der Waals surface area (Å²) in [6, 6.07) is 0. The largest absolute Gasteiger partial charge is 0.326 e. The average molecular weight is 210 g/mol. The third kappa shape index (κ3) is 4.11. The number of nitrogens with zero attached hydrogens (tertiary/aromatic N) is 2. The Labute approximate surface area is 99.1 Å². The molecule has 0 aromatic carbocycles. The van der Waals surface area contributed by atoms with Crippen LogP contribution in [0.25, 0.3) is 0 Å². The molecule has 0 spiro atoms. The fourth-order valence-corrected chi connectivity index (χ4v) is 0.980. The summed E-state index contributed by atoms with van der Waals surface area (Å²) in [4.78, 5) is 4.19. The molecule has 0 aliphatic carbocycles. The molecule has 1 aromatic heterocycles. The van der Waals surface area contributed by atoms with Crippen LogP contribution in [0.3, 0.4) is 0 Å². The van der Waals surface area contributed by atoms with Gasteiger partial charge in [0.25, 0.3) is 0 Å². The normalized spacial score (nSPS) is 7.25. The van der Waals surface area contributed by atoms with E-state index in [1.54, 1.807) is 6.33 Å². The monoisotopic (exact) mass is 210 g/mol. The Morgan fingerprint density at radius 2 is 2.06 bits per heavy atom. The lowest BCUT2D eigenvalue weighted by Gasteiger charge is -1.89. The van der Waals surface area contributed by atoms with Crippen molar-refractivity contribution < 1.29 is 2.85 Å². The summed E-state index contributed by atoms with van der Waals surface area (Å²) in [6.45, 7) is 2.65. The smallest absolute Gasteiger partial charge is 0.0957 e. The first kappa shape index (κ1) is 11.5. The number of hydrogen-bond donors (Lipinski definition) is 0. The van der Waals surface area contributed by atoms with Gasteiger partial charge in [-0.25, -0.2) is 4.98 Å². The zero-order valence-corrected chi connectivity index (χ0v) is 9.04. The van der Waals surface area contributed by atoms with Gasteiger partial charge < -0.3 is 4.57 Å². The molecule has 2 nitrogen and oxygen atoms in total. The van der Waals surface area contributed by atoms with Crippen molar-refractivity contribution in [2.75, 3.05) is 0 Å². The van der Waals surface area contributed by atoms with E-state index in [2.05, 4.69) is 53.4 Å². The van der Waals surface area contributed by atoms with Crippen LogP contribution in [-0.4, -0.2) is 9.55 Å². The van der Waals surface area contributed by atoms with E-state index in [4.69, 9.17) is 6.42 Å². The van der Waals surface area contributed by atoms with E-state index in [-0.39, 0.29) is 2.85 Å².